The summed E-state index contributed by atoms with van der Waals surface area (Å²) in [6.07, 6.45) is 8.77. The number of carbonyl (C=O) groups excluding carboxylic acids is 1. The lowest BCUT2D eigenvalue weighted by molar-refractivity contribution is -0.119. The monoisotopic (exact) mass is 343 g/mol. The summed E-state index contributed by atoms with van der Waals surface area (Å²) >= 11 is 0. The summed E-state index contributed by atoms with van der Waals surface area (Å²) < 4.78 is 7.20. The molecule has 0 bridgehead atoms. The number of ether oxygens (including phenoxy) is 1. The maximum atomic E-state index is 12.7. The highest BCUT2D eigenvalue weighted by atomic mass is 16.5. The Morgan fingerprint density at radius 1 is 1.32 bits per heavy atom. The van der Waals surface area contributed by atoms with E-state index < -0.39 is 0 Å². The maximum Gasteiger partial charge on any atom is 0.241 e. The van der Waals surface area contributed by atoms with E-state index >= 15 is 0 Å². The Labute approximate surface area is 147 Å². The van der Waals surface area contributed by atoms with Gasteiger partial charge in [-0.05, 0) is 30.9 Å². The molecule has 0 saturated carbocycles. The minimum absolute atomic E-state index is 0.0290. The van der Waals surface area contributed by atoms with Gasteiger partial charge in [-0.3, -0.25) is 9.36 Å². The number of nitrogens with zero attached hydrogens (tertiary/aromatic N) is 3. The van der Waals surface area contributed by atoms with Crippen molar-refractivity contribution in [3.05, 3.63) is 37.1 Å². The highest BCUT2D eigenvalue weighted by Crippen LogP contribution is 2.14. The summed E-state index contributed by atoms with van der Waals surface area (Å²) in [5.74, 6) is 0.927. The van der Waals surface area contributed by atoms with E-state index in [9.17, 15) is 4.79 Å². The third-order valence-corrected chi connectivity index (χ3v) is 4.37. The van der Waals surface area contributed by atoms with Crippen LogP contribution in [0.1, 0.15) is 26.7 Å². The molecule has 0 spiro atoms. The first-order valence-electron chi connectivity index (χ1n) is 8.72. The molecule has 1 unspecified atom stereocenters. The first kappa shape index (κ1) is 17.6. The summed E-state index contributed by atoms with van der Waals surface area (Å²) in [5, 5.41) is 6.45. The lowest BCUT2D eigenvalue weighted by atomic mass is 10.00. The summed E-state index contributed by atoms with van der Waals surface area (Å²) in [7, 11) is 0. The molecular formula is C18H25N5O2. The van der Waals surface area contributed by atoms with Gasteiger partial charge in [0.15, 0.2) is 0 Å². The second kappa shape index (κ2) is 8.22. The summed E-state index contributed by atoms with van der Waals surface area (Å²) in [5.41, 5.74) is 0.688. The van der Waals surface area contributed by atoms with Gasteiger partial charge in [0.25, 0.3) is 0 Å². The molecule has 2 aromatic rings. The van der Waals surface area contributed by atoms with Crippen LogP contribution in [0.25, 0.3) is 5.82 Å². The molecule has 1 aliphatic heterocycles. The van der Waals surface area contributed by atoms with Gasteiger partial charge in [-0.2, -0.15) is 0 Å². The Morgan fingerprint density at radius 3 is 2.72 bits per heavy atom. The highest BCUT2D eigenvalue weighted by molar-refractivity contribution is 5.94. The van der Waals surface area contributed by atoms with E-state index in [0.29, 0.717) is 11.7 Å². The Bertz CT molecular complexity index is 663. The smallest absolute Gasteiger partial charge is 0.241 e. The van der Waals surface area contributed by atoms with Gasteiger partial charge in [-0.25, -0.2) is 9.97 Å². The number of anilines is 1. The van der Waals surface area contributed by atoms with Crippen LogP contribution in [-0.4, -0.2) is 45.7 Å². The Morgan fingerprint density at radius 2 is 2.12 bits per heavy atom. The molecule has 1 aliphatic rings. The topological polar surface area (TPSA) is 81.1 Å². The SMILES string of the molecule is CC(C)C(NC1CCOCC1)C(=O)Nc1ccc(-n2ccnc2)nc1. The maximum absolute atomic E-state index is 12.7. The predicted molar refractivity (Wildman–Crippen MR) is 95.6 cm³/mol. The summed E-state index contributed by atoms with van der Waals surface area (Å²) in [6, 6.07) is 3.80. The summed E-state index contributed by atoms with van der Waals surface area (Å²) in [6.45, 7) is 5.61. The van der Waals surface area contributed by atoms with E-state index in [1.54, 1.807) is 18.7 Å². The molecule has 0 aromatic carbocycles. The molecule has 1 amide bonds. The van der Waals surface area contributed by atoms with Crippen molar-refractivity contribution in [2.75, 3.05) is 18.5 Å². The first-order chi connectivity index (χ1) is 12.1. The van der Waals surface area contributed by atoms with Crippen molar-refractivity contribution in [2.24, 2.45) is 5.92 Å². The fourth-order valence-electron chi connectivity index (χ4n) is 2.92. The fraction of sp³-hybridized carbons (Fsp3) is 0.500. The zero-order valence-electron chi connectivity index (χ0n) is 14.7. The molecule has 1 atom stereocenters. The van der Waals surface area contributed by atoms with Gasteiger partial charge in [0.1, 0.15) is 12.1 Å². The van der Waals surface area contributed by atoms with E-state index in [0.717, 1.165) is 31.9 Å². The normalized spacial score (nSPS) is 16.8. The van der Waals surface area contributed by atoms with E-state index in [1.165, 1.54) is 0 Å². The zero-order valence-corrected chi connectivity index (χ0v) is 14.7. The number of hydrogen-bond acceptors (Lipinski definition) is 5. The number of amides is 1. The molecule has 0 radical (unpaired) electrons. The third kappa shape index (κ3) is 4.64. The van der Waals surface area contributed by atoms with Crippen LogP contribution in [0.4, 0.5) is 5.69 Å². The van der Waals surface area contributed by atoms with Gasteiger partial charge in [-0.15, -0.1) is 0 Å². The van der Waals surface area contributed by atoms with Gasteiger partial charge in [0.2, 0.25) is 5.91 Å². The van der Waals surface area contributed by atoms with E-state index in [4.69, 9.17) is 4.74 Å². The largest absolute Gasteiger partial charge is 0.381 e. The molecule has 2 N–H and O–H groups in total. The molecular weight excluding hydrogens is 318 g/mol. The lowest BCUT2D eigenvalue weighted by Gasteiger charge is -2.30. The van der Waals surface area contributed by atoms with Crippen molar-refractivity contribution in [2.45, 2.75) is 38.8 Å². The number of pyridine rings is 1. The van der Waals surface area contributed by atoms with Gasteiger partial charge >= 0.3 is 0 Å². The fourth-order valence-corrected chi connectivity index (χ4v) is 2.92. The third-order valence-electron chi connectivity index (χ3n) is 4.37. The van der Waals surface area contributed by atoms with Gasteiger partial charge in [0, 0.05) is 31.6 Å². The van der Waals surface area contributed by atoms with Crippen LogP contribution in [-0.2, 0) is 9.53 Å². The number of aromatic nitrogens is 3. The molecule has 0 aliphatic carbocycles. The van der Waals surface area contributed by atoms with Crippen molar-refractivity contribution >= 4 is 11.6 Å². The minimum Gasteiger partial charge on any atom is -0.381 e. The number of carbonyl (C=O) groups is 1. The van der Waals surface area contributed by atoms with Crippen molar-refractivity contribution in [3.63, 3.8) is 0 Å². The Balaban J connectivity index is 1.62. The predicted octanol–water partition coefficient (Wildman–Crippen LogP) is 2.00. The minimum atomic E-state index is -0.239. The van der Waals surface area contributed by atoms with Crippen LogP contribution < -0.4 is 10.6 Å². The molecule has 2 aromatic heterocycles. The highest BCUT2D eigenvalue weighted by Gasteiger charge is 2.26. The number of imidazole rings is 1. The van der Waals surface area contributed by atoms with E-state index in [2.05, 4.69) is 34.4 Å². The van der Waals surface area contributed by atoms with Crippen molar-refractivity contribution in [1.82, 2.24) is 19.9 Å². The average molecular weight is 343 g/mol. The van der Waals surface area contributed by atoms with Crippen LogP contribution in [0.2, 0.25) is 0 Å². The van der Waals surface area contributed by atoms with Gasteiger partial charge < -0.3 is 15.4 Å². The molecule has 3 rings (SSSR count). The van der Waals surface area contributed by atoms with Gasteiger partial charge in [0.05, 0.1) is 17.9 Å². The molecule has 1 fully saturated rings. The van der Waals surface area contributed by atoms with Crippen molar-refractivity contribution in [3.8, 4) is 5.82 Å². The van der Waals surface area contributed by atoms with Crippen LogP contribution in [0.3, 0.4) is 0 Å². The van der Waals surface area contributed by atoms with Gasteiger partial charge in [-0.1, -0.05) is 13.8 Å². The molecule has 3 heterocycles. The molecule has 1 saturated heterocycles. The second-order valence-corrected chi connectivity index (χ2v) is 6.64. The van der Waals surface area contributed by atoms with Crippen molar-refractivity contribution in [1.29, 1.82) is 0 Å². The standard InChI is InChI=1S/C18H25N5O2/c1-13(2)17(21-14-5-9-25-10-6-14)18(24)22-15-3-4-16(20-11-15)23-8-7-19-12-23/h3-4,7-8,11-14,17,21H,5-6,9-10H2,1-2H3,(H,22,24). The Kier molecular flexibility index (Phi) is 5.78. The average Bonchev–Trinajstić information content (AvgIpc) is 3.15. The zero-order chi connectivity index (χ0) is 17.6. The van der Waals surface area contributed by atoms with Crippen LogP contribution in [0, 0.1) is 5.92 Å². The number of nitrogens with one attached hydrogen (secondary N) is 2. The quantitative estimate of drug-likeness (QED) is 0.838. The number of hydrogen-bond donors (Lipinski definition) is 2. The van der Waals surface area contributed by atoms with Crippen LogP contribution in [0.15, 0.2) is 37.1 Å². The molecule has 25 heavy (non-hydrogen) atoms. The van der Waals surface area contributed by atoms with Crippen LogP contribution >= 0.6 is 0 Å². The van der Waals surface area contributed by atoms with E-state index in [1.807, 2.05) is 22.9 Å². The number of rotatable bonds is 6. The lowest BCUT2D eigenvalue weighted by Crippen LogP contribution is -2.50. The Hall–Kier alpha value is -2.25. The molecule has 7 nitrogen and oxygen atoms in total. The van der Waals surface area contributed by atoms with Crippen molar-refractivity contribution < 1.29 is 9.53 Å². The second-order valence-electron chi connectivity index (χ2n) is 6.64. The van der Waals surface area contributed by atoms with Crippen LogP contribution in [0.5, 0.6) is 0 Å². The molecule has 134 valence electrons. The molecule has 7 heteroatoms. The summed E-state index contributed by atoms with van der Waals surface area (Å²) in [4.78, 5) is 21.1. The van der Waals surface area contributed by atoms with E-state index in [-0.39, 0.29) is 17.9 Å². The first-order valence-corrected chi connectivity index (χ1v) is 8.72.